The first-order valence-corrected chi connectivity index (χ1v) is 6.44. The highest BCUT2D eigenvalue weighted by Gasteiger charge is 2.11. The zero-order valence-electron chi connectivity index (χ0n) is 9.31. The number of pyridine rings is 1. The van der Waals surface area contributed by atoms with Gasteiger partial charge in [0.25, 0.3) is 0 Å². The van der Waals surface area contributed by atoms with Crippen LogP contribution < -0.4 is 5.43 Å². The summed E-state index contributed by atoms with van der Waals surface area (Å²) in [5, 5.41) is 2.45. The fourth-order valence-electron chi connectivity index (χ4n) is 2.30. The average molecular weight is 252 g/mol. The number of fused-ring (bicyclic) bond motifs is 4. The highest BCUT2D eigenvalue weighted by Crippen LogP contribution is 2.28. The molecule has 3 heterocycles. The fraction of sp³-hybridized carbons (Fsp3) is 0. The summed E-state index contributed by atoms with van der Waals surface area (Å²) in [6.07, 6.45) is 1.72. The van der Waals surface area contributed by atoms with Gasteiger partial charge in [-0.2, -0.15) is 0 Å². The minimum atomic E-state index is 0.0595. The van der Waals surface area contributed by atoms with Crippen LogP contribution in [0.1, 0.15) is 0 Å². The average Bonchev–Trinajstić information content (AvgIpc) is 2.77. The van der Waals surface area contributed by atoms with Gasteiger partial charge in [0.05, 0.1) is 10.8 Å². The quantitative estimate of drug-likeness (QED) is 0.522. The zero-order valence-corrected chi connectivity index (χ0v) is 10.1. The molecule has 4 heteroatoms. The molecule has 0 amide bonds. The Morgan fingerprint density at radius 3 is 2.83 bits per heavy atom. The number of hydrogen-bond acceptors (Lipinski definition) is 3. The molecule has 0 bridgehead atoms. The standard InChI is InChI=1S/C14H8N2OS/c17-12-9-5-3-7-15-13(9)18-14-11(12)8-4-1-2-6-10(8)16-14/h1-7,16H. The van der Waals surface area contributed by atoms with Crippen LogP contribution in [0.25, 0.3) is 31.3 Å². The van der Waals surface area contributed by atoms with Gasteiger partial charge in [-0.3, -0.25) is 4.79 Å². The van der Waals surface area contributed by atoms with Crippen molar-refractivity contribution in [3.05, 3.63) is 52.8 Å². The van der Waals surface area contributed by atoms with Crippen LogP contribution in [-0.2, 0) is 0 Å². The summed E-state index contributed by atoms with van der Waals surface area (Å²) in [5.74, 6) is 0. The fourth-order valence-corrected chi connectivity index (χ4v) is 3.34. The Bertz CT molecular complexity index is 952. The Kier molecular flexibility index (Phi) is 1.85. The number of para-hydroxylation sites is 1. The predicted octanol–water partition coefficient (Wildman–Crippen LogP) is 3.29. The first-order valence-electron chi connectivity index (χ1n) is 5.63. The van der Waals surface area contributed by atoms with Crippen LogP contribution in [0.15, 0.2) is 47.4 Å². The van der Waals surface area contributed by atoms with Crippen LogP contribution in [-0.4, -0.2) is 9.97 Å². The molecule has 3 nitrogen and oxygen atoms in total. The second kappa shape index (κ2) is 3.40. The smallest absolute Gasteiger partial charge is 0.199 e. The number of hydrogen-bond donors (Lipinski definition) is 1. The number of benzene rings is 1. The van der Waals surface area contributed by atoms with Crippen LogP contribution in [0.2, 0.25) is 0 Å². The van der Waals surface area contributed by atoms with Gasteiger partial charge in [-0.15, -0.1) is 0 Å². The van der Waals surface area contributed by atoms with Crippen molar-refractivity contribution in [2.75, 3.05) is 0 Å². The number of rotatable bonds is 0. The second-order valence-electron chi connectivity index (χ2n) is 4.16. The third-order valence-corrected chi connectivity index (χ3v) is 4.14. The lowest BCUT2D eigenvalue weighted by atomic mass is 10.2. The highest BCUT2D eigenvalue weighted by atomic mass is 32.1. The largest absolute Gasteiger partial charge is 0.346 e. The molecule has 0 saturated carbocycles. The summed E-state index contributed by atoms with van der Waals surface area (Å²) in [6.45, 7) is 0. The molecule has 0 fully saturated rings. The van der Waals surface area contributed by atoms with Gasteiger partial charge in [-0.05, 0) is 18.2 Å². The number of aromatic amines is 1. The van der Waals surface area contributed by atoms with Crippen molar-refractivity contribution in [2.45, 2.75) is 0 Å². The van der Waals surface area contributed by atoms with E-state index in [1.807, 2.05) is 30.3 Å². The van der Waals surface area contributed by atoms with Crippen molar-refractivity contribution in [2.24, 2.45) is 0 Å². The van der Waals surface area contributed by atoms with Crippen molar-refractivity contribution in [3.8, 4) is 0 Å². The van der Waals surface area contributed by atoms with Gasteiger partial charge < -0.3 is 4.98 Å². The van der Waals surface area contributed by atoms with Gasteiger partial charge in [-0.1, -0.05) is 29.5 Å². The lowest BCUT2D eigenvalue weighted by Gasteiger charge is -1.95. The summed E-state index contributed by atoms with van der Waals surface area (Å²) in [6, 6.07) is 11.5. The van der Waals surface area contributed by atoms with Crippen LogP contribution in [0.3, 0.4) is 0 Å². The van der Waals surface area contributed by atoms with E-state index in [0.717, 1.165) is 25.9 Å². The number of nitrogens with one attached hydrogen (secondary N) is 1. The third-order valence-electron chi connectivity index (χ3n) is 3.11. The number of aromatic nitrogens is 2. The maximum Gasteiger partial charge on any atom is 0.199 e. The normalized spacial score (nSPS) is 11.6. The molecule has 3 aromatic heterocycles. The maximum atomic E-state index is 12.5. The topological polar surface area (TPSA) is 45.8 Å². The lowest BCUT2D eigenvalue weighted by molar-refractivity contribution is 1.44. The summed E-state index contributed by atoms with van der Waals surface area (Å²) >= 11 is 1.52. The van der Waals surface area contributed by atoms with E-state index in [1.54, 1.807) is 12.3 Å². The molecule has 1 aromatic carbocycles. The maximum absolute atomic E-state index is 12.5. The molecule has 0 aliphatic heterocycles. The Hall–Kier alpha value is -2.20. The molecule has 0 aliphatic rings. The summed E-state index contributed by atoms with van der Waals surface area (Å²) in [4.78, 5) is 21.7. The molecule has 0 atom stereocenters. The van der Waals surface area contributed by atoms with E-state index >= 15 is 0 Å². The molecule has 0 spiro atoms. The molecular formula is C14H8N2OS. The van der Waals surface area contributed by atoms with E-state index in [4.69, 9.17) is 0 Å². The first-order chi connectivity index (χ1) is 8.84. The van der Waals surface area contributed by atoms with Crippen LogP contribution >= 0.6 is 11.3 Å². The van der Waals surface area contributed by atoms with E-state index in [2.05, 4.69) is 9.97 Å². The van der Waals surface area contributed by atoms with Gasteiger partial charge in [0.1, 0.15) is 9.66 Å². The molecule has 4 aromatic rings. The molecule has 0 aliphatic carbocycles. The van der Waals surface area contributed by atoms with E-state index < -0.39 is 0 Å². The van der Waals surface area contributed by atoms with E-state index in [-0.39, 0.29) is 5.43 Å². The van der Waals surface area contributed by atoms with Crippen molar-refractivity contribution in [1.29, 1.82) is 0 Å². The Labute approximate surface area is 106 Å². The minimum absolute atomic E-state index is 0.0595. The zero-order chi connectivity index (χ0) is 12.1. The second-order valence-corrected chi connectivity index (χ2v) is 5.16. The van der Waals surface area contributed by atoms with Gasteiger partial charge in [-0.25, -0.2) is 4.98 Å². The van der Waals surface area contributed by atoms with Crippen molar-refractivity contribution >= 4 is 42.7 Å². The van der Waals surface area contributed by atoms with Gasteiger partial charge in [0, 0.05) is 17.1 Å². The summed E-state index contributed by atoms with van der Waals surface area (Å²) in [7, 11) is 0. The van der Waals surface area contributed by atoms with Crippen LogP contribution in [0.5, 0.6) is 0 Å². The SMILES string of the molecule is O=c1c2cccnc2sc2[nH]c3ccccc3c12. The Morgan fingerprint density at radius 1 is 1.06 bits per heavy atom. The molecule has 4 rings (SSSR count). The summed E-state index contributed by atoms with van der Waals surface area (Å²) < 4.78 is 0. The Morgan fingerprint density at radius 2 is 1.89 bits per heavy atom. The first kappa shape index (κ1) is 9.79. The number of H-pyrrole nitrogens is 1. The predicted molar refractivity (Wildman–Crippen MR) is 75.3 cm³/mol. The van der Waals surface area contributed by atoms with Gasteiger partial charge in [0.15, 0.2) is 5.43 Å². The minimum Gasteiger partial charge on any atom is -0.346 e. The lowest BCUT2D eigenvalue weighted by Crippen LogP contribution is -2.00. The van der Waals surface area contributed by atoms with E-state index in [1.165, 1.54) is 11.3 Å². The molecule has 0 radical (unpaired) electrons. The summed E-state index contributed by atoms with van der Waals surface area (Å²) in [5.41, 5.74) is 1.06. The van der Waals surface area contributed by atoms with Crippen molar-refractivity contribution < 1.29 is 0 Å². The monoisotopic (exact) mass is 252 g/mol. The van der Waals surface area contributed by atoms with Crippen LogP contribution in [0.4, 0.5) is 0 Å². The number of nitrogens with zero attached hydrogens (tertiary/aromatic N) is 1. The van der Waals surface area contributed by atoms with Crippen molar-refractivity contribution in [1.82, 2.24) is 9.97 Å². The Balaban J connectivity index is 2.39. The van der Waals surface area contributed by atoms with E-state index in [0.29, 0.717) is 5.39 Å². The van der Waals surface area contributed by atoms with Gasteiger partial charge in [0.2, 0.25) is 0 Å². The molecule has 0 saturated heterocycles. The highest BCUT2D eigenvalue weighted by molar-refractivity contribution is 7.24. The molecule has 1 N–H and O–H groups in total. The van der Waals surface area contributed by atoms with E-state index in [9.17, 15) is 4.79 Å². The molecule has 0 unspecified atom stereocenters. The molecular weight excluding hydrogens is 244 g/mol. The van der Waals surface area contributed by atoms with Crippen LogP contribution in [0, 0.1) is 0 Å². The van der Waals surface area contributed by atoms with Gasteiger partial charge >= 0.3 is 0 Å². The molecule has 86 valence electrons. The third kappa shape index (κ3) is 1.18. The van der Waals surface area contributed by atoms with Crippen molar-refractivity contribution in [3.63, 3.8) is 0 Å². The molecule has 18 heavy (non-hydrogen) atoms.